The summed E-state index contributed by atoms with van der Waals surface area (Å²) >= 11 is 1.35. The Morgan fingerprint density at radius 1 is 1.03 bits per heavy atom. The third-order valence-corrected chi connectivity index (χ3v) is 6.02. The van der Waals surface area contributed by atoms with Crippen molar-refractivity contribution in [2.75, 3.05) is 0 Å². The Bertz CT molecular complexity index is 1430. The van der Waals surface area contributed by atoms with E-state index < -0.39 is 4.92 Å². The molecule has 0 N–H and O–H groups in total. The van der Waals surface area contributed by atoms with Crippen molar-refractivity contribution in [1.29, 1.82) is 0 Å². The van der Waals surface area contributed by atoms with Crippen LogP contribution < -0.4 is 4.80 Å². The molecule has 0 fully saturated rings. The van der Waals surface area contributed by atoms with Gasteiger partial charge in [0.2, 0.25) is 4.80 Å². The van der Waals surface area contributed by atoms with E-state index in [1.807, 2.05) is 37.4 Å². The molecule has 0 unspecified atom stereocenters. The number of nitrogens with zero attached hydrogens (tertiary/aromatic N) is 4. The molecule has 0 spiro atoms. The molecule has 166 valence electrons. The van der Waals surface area contributed by atoms with Crippen LogP contribution in [0.2, 0.25) is 0 Å². The first kappa shape index (κ1) is 22.3. The Labute approximate surface area is 194 Å². The monoisotopic (exact) mass is 460 g/mol. The van der Waals surface area contributed by atoms with Crippen LogP contribution in [0.4, 0.5) is 15.8 Å². The Balaban J connectivity index is 1.95. The highest BCUT2D eigenvalue weighted by molar-refractivity contribution is 7.07. The van der Waals surface area contributed by atoms with Gasteiger partial charge in [-0.1, -0.05) is 42.5 Å². The van der Waals surface area contributed by atoms with E-state index in [4.69, 9.17) is 10.1 Å². The molecule has 0 saturated heterocycles. The van der Waals surface area contributed by atoms with Crippen LogP contribution >= 0.6 is 11.3 Å². The maximum Gasteiger partial charge on any atom is 0.270 e. The fraction of sp³-hybridized carbons (Fsp3) is 0.120. The molecule has 0 amide bonds. The lowest BCUT2D eigenvalue weighted by atomic mass is 10.1. The van der Waals surface area contributed by atoms with E-state index >= 15 is 0 Å². The lowest BCUT2D eigenvalue weighted by Crippen LogP contribution is -2.14. The van der Waals surface area contributed by atoms with Crippen LogP contribution in [-0.4, -0.2) is 15.3 Å². The number of para-hydroxylation sites is 1. The van der Waals surface area contributed by atoms with Crippen molar-refractivity contribution in [3.63, 3.8) is 0 Å². The SMILES string of the molecule is C/C(=N\n1c(-c2ccccc2F)csc1=Nc1c(C)cccc1C)c1cccc([N+](=O)[O-])c1. The Morgan fingerprint density at radius 2 is 1.73 bits per heavy atom. The highest BCUT2D eigenvalue weighted by Crippen LogP contribution is 2.26. The molecule has 0 radical (unpaired) electrons. The van der Waals surface area contributed by atoms with Gasteiger partial charge in [-0.15, -0.1) is 11.3 Å². The van der Waals surface area contributed by atoms with Crippen molar-refractivity contribution in [1.82, 2.24) is 4.68 Å². The molecule has 0 aliphatic carbocycles. The highest BCUT2D eigenvalue weighted by atomic mass is 32.1. The molecule has 1 heterocycles. The molecule has 0 aliphatic heterocycles. The Morgan fingerprint density at radius 3 is 2.42 bits per heavy atom. The smallest absolute Gasteiger partial charge is 0.258 e. The first-order valence-corrected chi connectivity index (χ1v) is 11.1. The fourth-order valence-corrected chi connectivity index (χ4v) is 4.29. The van der Waals surface area contributed by atoms with E-state index in [1.165, 1.54) is 29.5 Å². The predicted molar refractivity (Wildman–Crippen MR) is 130 cm³/mol. The third kappa shape index (κ3) is 4.65. The van der Waals surface area contributed by atoms with Crippen molar-refractivity contribution in [2.24, 2.45) is 10.1 Å². The molecule has 0 aliphatic rings. The Hall–Kier alpha value is -3.91. The molecule has 1 aromatic heterocycles. The Kier molecular flexibility index (Phi) is 6.28. The van der Waals surface area contributed by atoms with Crippen LogP contribution in [-0.2, 0) is 0 Å². The van der Waals surface area contributed by atoms with Crippen LogP contribution in [0, 0.1) is 29.8 Å². The van der Waals surface area contributed by atoms with E-state index in [9.17, 15) is 14.5 Å². The van der Waals surface area contributed by atoms with Crippen molar-refractivity contribution >= 4 is 28.4 Å². The zero-order valence-electron chi connectivity index (χ0n) is 18.3. The van der Waals surface area contributed by atoms with Gasteiger partial charge in [0.25, 0.3) is 5.69 Å². The maximum absolute atomic E-state index is 14.7. The van der Waals surface area contributed by atoms with Crippen molar-refractivity contribution in [3.8, 4) is 11.3 Å². The highest BCUT2D eigenvalue weighted by Gasteiger charge is 2.14. The van der Waals surface area contributed by atoms with Crippen LogP contribution in [0.5, 0.6) is 0 Å². The summed E-state index contributed by atoms with van der Waals surface area (Å²) in [5, 5.41) is 17.7. The largest absolute Gasteiger partial charge is 0.270 e. The second-order valence-corrected chi connectivity index (χ2v) is 8.38. The number of benzene rings is 3. The summed E-state index contributed by atoms with van der Waals surface area (Å²) in [5.74, 6) is -0.370. The van der Waals surface area contributed by atoms with Crippen LogP contribution in [0.15, 0.2) is 82.2 Å². The summed E-state index contributed by atoms with van der Waals surface area (Å²) in [4.78, 5) is 16.2. The van der Waals surface area contributed by atoms with Crippen molar-refractivity contribution in [3.05, 3.63) is 110 Å². The molecule has 0 atom stereocenters. The standard InChI is InChI=1S/C25H21FN4O2S/c1-16-8-6-9-17(2)24(16)27-25-29(23(15-33-25)21-12-4-5-13-22(21)26)28-18(3)19-10-7-11-20(14-19)30(31)32/h4-15H,1-3H3/b27-25?,28-18+. The van der Waals surface area contributed by atoms with E-state index in [2.05, 4.69) is 0 Å². The van der Waals surface area contributed by atoms with Gasteiger partial charge >= 0.3 is 0 Å². The molecule has 0 saturated carbocycles. The van der Waals surface area contributed by atoms with Crippen molar-refractivity contribution < 1.29 is 9.31 Å². The molecule has 4 aromatic rings. The number of aromatic nitrogens is 1. The molecular formula is C25H21FN4O2S. The average molecular weight is 461 g/mol. The van der Waals surface area contributed by atoms with E-state index in [-0.39, 0.29) is 11.5 Å². The average Bonchev–Trinajstić information content (AvgIpc) is 3.18. The zero-order chi connectivity index (χ0) is 23.5. The van der Waals surface area contributed by atoms with Gasteiger partial charge in [-0.25, -0.2) is 14.1 Å². The first-order valence-electron chi connectivity index (χ1n) is 10.2. The molecule has 8 heteroatoms. The lowest BCUT2D eigenvalue weighted by molar-refractivity contribution is -0.384. The van der Waals surface area contributed by atoms with Gasteiger partial charge in [-0.3, -0.25) is 10.1 Å². The summed E-state index contributed by atoms with van der Waals surface area (Å²) in [6, 6.07) is 18.7. The van der Waals surface area contributed by atoms with Gasteiger partial charge in [0.1, 0.15) is 5.82 Å². The summed E-state index contributed by atoms with van der Waals surface area (Å²) < 4.78 is 16.3. The number of hydrogen-bond acceptors (Lipinski definition) is 5. The molecule has 3 aromatic carbocycles. The van der Waals surface area contributed by atoms with Gasteiger partial charge in [-0.2, -0.15) is 5.10 Å². The summed E-state index contributed by atoms with van der Waals surface area (Å²) in [6.45, 7) is 5.73. The van der Waals surface area contributed by atoms with Gasteiger partial charge in [-0.05, 0) is 44.0 Å². The number of halogens is 1. The molecule has 0 bridgehead atoms. The second kappa shape index (κ2) is 9.30. The number of non-ortho nitro benzene ring substituents is 1. The summed E-state index contributed by atoms with van der Waals surface area (Å²) in [5.41, 5.74) is 4.92. The minimum absolute atomic E-state index is 0.0212. The number of rotatable bonds is 5. The van der Waals surface area contributed by atoms with Gasteiger partial charge in [0, 0.05) is 28.6 Å². The third-order valence-electron chi connectivity index (χ3n) is 5.21. The normalized spacial score (nSPS) is 12.2. The molecular weight excluding hydrogens is 439 g/mol. The number of hydrogen-bond donors (Lipinski definition) is 0. The lowest BCUT2D eigenvalue weighted by Gasteiger charge is -2.08. The van der Waals surface area contributed by atoms with E-state index in [1.54, 1.807) is 41.9 Å². The van der Waals surface area contributed by atoms with Crippen LogP contribution in [0.25, 0.3) is 11.3 Å². The number of aryl methyl sites for hydroxylation is 2. The first-order chi connectivity index (χ1) is 15.8. The zero-order valence-corrected chi connectivity index (χ0v) is 19.1. The fourth-order valence-electron chi connectivity index (χ4n) is 3.46. The van der Waals surface area contributed by atoms with Gasteiger partial charge in [0.05, 0.1) is 22.0 Å². The topological polar surface area (TPSA) is 72.8 Å². The summed E-state index contributed by atoms with van der Waals surface area (Å²) in [7, 11) is 0. The van der Waals surface area contributed by atoms with Gasteiger partial charge < -0.3 is 0 Å². The predicted octanol–water partition coefficient (Wildman–Crippen LogP) is 6.39. The minimum Gasteiger partial charge on any atom is -0.258 e. The number of nitro groups is 1. The number of thiazole rings is 1. The summed E-state index contributed by atoms with van der Waals surface area (Å²) in [6.07, 6.45) is 0. The molecule has 4 rings (SSSR count). The van der Waals surface area contributed by atoms with Crippen LogP contribution in [0.1, 0.15) is 23.6 Å². The quantitative estimate of drug-likeness (QED) is 0.197. The van der Waals surface area contributed by atoms with Crippen molar-refractivity contribution in [2.45, 2.75) is 20.8 Å². The van der Waals surface area contributed by atoms with Crippen LogP contribution in [0.3, 0.4) is 0 Å². The number of nitro benzene ring substituents is 1. The van der Waals surface area contributed by atoms with E-state index in [0.717, 1.165) is 16.8 Å². The van der Waals surface area contributed by atoms with E-state index in [0.29, 0.717) is 27.3 Å². The second-order valence-electron chi connectivity index (χ2n) is 7.54. The minimum atomic E-state index is -0.443. The van der Waals surface area contributed by atoms with Gasteiger partial charge in [0.15, 0.2) is 0 Å². The maximum atomic E-state index is 14.7. The molecule has 6 nitrogen and oxygen atoms in total. The molecule has 33 heavy (non-hydrogen) atoms.